The molecule has 1 aromatic carbocycles. The zero-order valence-corrected chi connectivity index (χ0v) is 18.5. The van der Waals surface area contributed by atoms with Gasteiger partial charge in [0.25, 0.3) is 0 Å². The molecular formula is C24H33N3O3. The number of nitrogens with two attached hydrogens (primary N) is 1. The van der Waals surface area contributed by atoms with Crippen LogP contribution in [-0.4, -0.2) is 29.6 Å². The lowest BCUT2D eigenvalue weighted by atomic mass is 9.92. The van der Waals surface area contributed by atoms with Crippen molar-refractivity contribution in [2.45, 2.75) is 59.0 Å². The van der Waals surface area contributed by atoms with Gasteiger partial charge in [-0.05, 0) is 71.1 Å². The summed E-state index contributed by atoms with van der Waals surface area (Å²) in [4.78, 5) is 18.7. The topological polar surface area (TPSA) is 77.7 Å². The second-order valence-corrected chi connectivity index (χ2v) is 8.98. The average molecular weight is 412 g/mol. The van der Waals surface area contributed by atoms with Crippen LogP contribution in [0.25, 0.3) is 0 Å². The molecule has 6 heteroatoms. The van der Waals surface area contributed by atoms with E-state index in [0.717, 1.165) is 55.0 Å². The van der Waals surface area contributed by atoms with Crippen LogP contribution in [0, 0.1) is 12.8 Å². The van der Waals surface area contributed by atoms with E-state index in [4.69, 9.17) is 15.2 Å². The first kappa shape index (κ1) is 21.9. The predicted molar refractivity (Wildman–Crippen MR) is 120 cm³/mol. The van der Waals surface area contributed by atoms with E-state index in [1.807, 2.05) is 58.0 Å². The summed E-state index contributed by atoms with van der Waals surface area (Å²) in [5, 5.41) is 0. The van der Waals surface area contributed by atoms with E-state index in [9.17, 15) is 4.79 Å². The zero-order valence-electron chi connectivity index (χ0n) is 18.5. The SMILES string of the molecule is Cc1c(Oc2ccccn2)ccc(N)c1N1CCC[C@@H](CCC(=O)OC(C)(C)C)C1. The number of hydrogen-bond donors (Lipinski definition) is 1. The Bertz CT molecular complexity index is 862. The predicted octanol–water partition coefficient (Wildman–Crippen LogP) is 5.10. The molecule has 0 aliphatic carbocycles. The van der Waals surface area contributed by atoms with Gasteiger partial charge in [0, 0.05) is 37.3 Å². The van der Waals surface area contributed by atoms with Gasteiger partial charge in [-0.2, -0.15) is 0 Å². The van der Waals surface area contributed by atoms with Crippen molar-refractivity contribution in [3.8, 4) is 11.6 Å². The number of carbonyl (C=O) groups is 1. The standard InChI is InChI=1S/C24H33N3O3/c1-17-20(29-21-9-5-6-14-26-21)12-11-19(25)23(17)27-15-7-8-18(16-27)10-13-22(28)30-24(2,3)4/h5-6,9,11-12,14,18H,7-8,10,13,15-16,25H2,1-4H3/t18-/m0/s1. The summed E-state index contributed by atoms with van der Waals surface area (Å²) < 4.78 is 11.4. The molecule has 0 saturated carbocycles. The minimum atomic E-state index is -0.435. The summed E-state index contributed by atoms with van der Waals surface area (Å²) in [7, 11) is 0. The Morgan fingerprint density at radius 3 is 2.77 bits per heavy atom. The minimum Gasteiger partial charge on any atom is -0.460 e. The van der Waals surface area contributed by atoms with E-state index in [1.54, 1.807) is 6.20 Å². The zero-order chi connectivity index (χ0) is 21.7. The van der Waals surface area contributed by atoms with Crippen molar-refractivity contribution in [3.63, 3.8) is 0 Å². The maximum Gasteiger partial charge on any atom is 0.306 e. The largest absolute Gasteiger partial charge is 0.460 e. The first-order chi connectivity index (χ1) is 14.2. The number of ether oxygens (including phenoxy) is 2. The molecule has 1 aliphatic heterocycles. The Kier molecular flexibility index (Phi) is 6.85. The molecule has 0 spiro atoms. The molecule has 162 valence electrons. The fraction of sp³-hybridized carbons (Fsp3) is 0.500. The number of pyridine rings is 1. The van der Waals surface area contributed by atoms with Crippen molar-refractivity contribution in [1.82, 2.24) is 4.98 Å². The highest BCUT2D eigenvalue weighted by Crippen LogP contribution is 2.38. The Hall–Kier alpha value is -2.76. The number of benzene rings is 1. The summed E-state index contributed by atoms with van der Waals surface area (Å²) in [6.07, 6.45) is 5.18. The van der Waals surface area contributed by atoms with Crippen molar-refractivity contribution in [2.24, 2.45) is 5.92 Å². The van der Waals surface area contributed by atoms with Crippen molar-refractivity contribution in [2.75, 3.05) is 23.7 Å². The molecule has 6 nitrogen and oxygen atoms in total. The fourth-order valence-electron chi connectivity index (χ4n) is 3.97. The smallest absolute Gasteiger partial charge is 0.306 e. The second kappa shape index (κ2) is 9.37. The monoisotopic (exact) mass is 411 g/mol. The van der Waals surface area contributed by atoms with E-state index < -0.39 is 5.60 Å². The highest BCUT2D eigenvalue weighted by atomic mass is 16.6. The Morgan fingerprint density at radius 2 is 2.07 bits per heavy atom. The molecule has 1 aliphatic rings. The third kappa shape index (κ3) is 5.88. The molecule has 1 saturated heterocycles. The number of nitrogen functional groups attached to an aromatic ring is 1. The number of nitrogens with zero attached hydrogens (tertiary/aromatic N) is 2. The molecule has 0 bridgehead atoms. The number of carbonyl (C=O) groups excluding carboxylic acids is 1. The van der Waals surface area contributed by atoms with Gasteiger partial charge in [0.15, 0.2) is 0 Å². The molecule has 0 unspecified atom stereocenters. The van der Waals surface area contributed by atoms with E-state index in [2.05, 4.69) is 9.88 Å². The van der Waals surface area contributed by atoms with Gasteiger partial charge in [-0.25, -0.2) is 4.98 Å². The molecule has 1 aromatic heterocycles. The minimum absolute atomic E-state index is 0.124. The summed E-state index contributed by atoms with van der Waals surface area (Å²) in [5.41, 5.74) is 8.70. The van der Waals surface area contributed by atoms with Crippen molar-refractivity contribution >= 4 is 17.3 Å². The van der Waals surface area contributed by atoms with E-state index in [1.165, 1.54) is 0 Å². The van der Waals surface area contributed by atoms with Crippen LogP contribution in [0.1, 0.15) is 52.0 Å². The molecule has 30 heavy (non-hydrogen) atoms. The highest BCUT2D eigenvalue weighted by molar-refractivity contribution is 5.75. The molecule has 3 rings (SSSR count). The highest BCUT2D eigenvalue weighted by Gasteiger charge is 2.25. The quantitative estimate of drug-likeness (QED) is 0.526. The van der Waals surface area contributed by atoms with E-state index >= 15 is 0 Å². The van der Waals surface area contributed by atoms with Gasteiger partial charge < -0.3 is 20.1 Å². The molecule has 2 heterocycles. The van der Waals surface area contributed by atoms with Crippen LogP contribution >= 0.6 is 0 Å². The summed E-state index contributed by atoms with van der Waals surface area (Å²) in [5.74, 6) is 1.63. The summed E-state index contributed by atoms with van der Waals surface area (Å²) in [6, 6.07) is 9.38. The third-order valence-corrected chi connectivity index (χ3v) is 5.28. The Morgan fingerprint density at radius 1 is 1.27 bits per heavy atom. The van der Waals surface area contributed by atoms with Gasteiger partial charge in [-0.15, -0.1) is 0 Å². The summed E-state index contributed by atoms with van der Waals surface area (Å²) in [6.45, 7) is 9.56. The lowest BCUT2D eigenvalue weighted by Crippen LogP contribution is -2.36. The number of anilines is 2. The number of rotatable bonds is 6. The van der Waals surface area contributed by atoms with Gasteiger partial charge in [0.05, 0.1) is 11.4 Å². The van der Waals surface area contributed by atoms with Crippen LogP contribution in [0.2, 0.25) is 0 Å². The van der Waals surface area contributed by atoms with Crippen LogP contribution in [0.3, 0.4) is 0 Å². The Balaban J connectivity index is 1.69. The first-order valence-electron chi connectivity index (χ1n) is 10.7. The maximum atomic E-state index is 12.1. The van der Waals surface area contributed by atoms with E-state index in [-0.39, 0.29) is 5.97 Å². The van der Waals surface area contributed by atoms with Gasteiger partial charge >= 0.3 is 5.97 Å². The molecule has 1 atom stereocenters. The summed E-state index contributed by atoms with van der Waals surface area (Å²) >= 11 is 0. The molecule has 0 amide bonds. The first-order valence-corrected chi connectivity index (χ1v) is 10.7. The van der Waals surface area contributed by atoms with Crippen LogP contribution in [0.4, 0.5) is 11.4 Å². The number of piperidine rings is 1. The van der Waals surface area contributed by atoms with Crippen molar-refractivity contribution in [1.29, 1.82) is 0 Å². The third-order valence-electron chi connectivity index (χ3n) is 5.28. The number of aromatic nitrogens is 1. The van der Waals surface area contributed by atoms with Gasteiger partial charge in [-0.1, -0.05) is 6.07 Å². The molecule has 1 fully saturated rings. The second-order valence-electron chi connectivity index (χ2n) is 8.98. The number of esters is 1. The normalized spacial score (nSPS) is 16.9. The van der Waals surface area contributed by atoms with Gasteiger partial charge in [0.2, 0.25) is 5.88 Å². The maximum absolute atomic E-state index is 12.1. The molecule has 2 N–H and O–H groups in total. The van der Waals surface area contributed by atoms with Crippen LogP contribution < -0.4 is 15.4 Å². The molecule has 2 aromatic rings. The van der Waals surface area contributed by atoms with Crippen LogP contribution in [-0.2, 0) is 9.53 Å². The number of hydrogen-bond acceptors (Lipinski definition) is 6. The van der Waals surface area contributed by atoms with Crippen molar-refractivity contribution < 1.29 is 14.3 Å². The van der Waals surface area contributed by atoms with Gasteiger partial charge in [0.1, 0.15) is 11.4 Å². The lowest BCUT2D eigenvalue weighted by molar-refractivity contribution is -0.155. The fourth-order valence-corrected chi connectivity index (χ4v) is 3.97. The van der Waals surface area contributed by atoms with E-state index in [0.29, 0.717) is 18.2 Å². The molecular weight excluding hydrogens is 378 g/mol. The van der Waals surface area contributed by atoms with Gasteiger partial charge in [-0.3, -0.25) is 4.79 Å². The Labute approximate surface area is 179 Å². The van der Waals surface area contributed by atoms with Crippen LogP contribution in [0.15, 0.2) is 36.5 Å². The average Bonchev–Trinajstić information content (AvgIpc) is 2.69. The van der Waals surface area contributed by atoms with Crippen molar-refractivity contribution in [3.05, 3.63) is 42.1 Å². The lowest BCUT2D eigenvalue weighted by Gasteiger charge is -2.36. The van der Waals surface area contributed by atoms with Crippen LogP contribution in [0.5, 0.6) is 11.6 Å². The molecule has 0 radical (unpaired) electrons.